The molecule has 0 spiro atoms. The van der Waals surface area contributed by atoms with E-state index < -0.39 is 0 Å². The number of hydrogen-bond acceptors (Lipinski definition) is 10. The highest BCUT2D eigenvalue weighted by molar-refractivity contribution is 9.10. The summed E-state index contributed by atoms with van der Waals surface area (Å²) in [5.74, 6) is 1.52. The molecule has 3 aromatic carbocycles. The third-order valence-corrected chi connectivity index (χ3v) is 8.90. The summed E-state index contributed by atoms with van der Waals surface area (Å²) in [5, 5.41) is 39.0. The highest BCUT2D eigenvalue weighted by Gasteiger charge is 2.05. The second-order valence-electron chi connectivity index (χ2n) is 11.7. The number of para-hydroxylation sites is 3. The SMILES string of the molecule is COc1ncc(NCc2ccccc2O)cc1C.Cc1cc(NCc2ccccc2O)cnc1Br.Cc1cc(NCc2ccccc2O)cnc1Cl. The molecule has 0 saturated heterocycles. The maximum absolute atomic E-state index is 9.65. The molecular weight excluding hydrogens is 744 g/mol. The average Bonchev–Trinajstić information content (AvgIpc) is 3.14. The van der Waals surface area contributed by atoms with Crippen LogP contribution < -0.4 is 20.7 Å². The largest absolute Gasteiger partial charge is 0.508 e. The number of phenols is 3. The second kappa shape index (κ2) is 19.8. The fraction of sp³-hybridized carbons (Fsp3) is 0.175. The summed E-state index contributed by atoms with van der Waals surface area (Å²) in [4.78, 5) is 12.4. The monoisotopic (exact) mass is 784 g/mol. The molecule has 270 valence electrons. The summed E-state index contributed by atoms with van der Waals surface area (Å²) < 4.78 is 5.96. The van der Waals surface area contributed by atoms with Crippen LogP contribution in [0, 0.1) is 20.8 Å². The van der Waals surface area contributed by atoms with Crippen molar-refractivity contribution in [3.05, 3.63) is 153 Å². The molecule has 0 aliphatic carbocycles. The minimum absolute atomic E-state index is 0.290. The smallest absolute Gasteiger partial charge is 0.216 e. The Morgan fingerprint density at radius 2 is 0.962 bits per heavy atom. The van der Waals surface area contributed by atoms with Gasteiger partial charge in [-0.3, -0.25) is 0 Å². The summed E-state index contributed by atoms with van der Waals surface area (Å²) in [5.41, 5.74) is 8.26. The van der Waals surface area contributed by atoms with E-state index in [9.17, 15) is 15.3 Å². The number of pyridine rings is 3. The number of aryl methyl sites for hydroxylation is 3. The van der Waals surface area contributed by atoms with E-state index >= 15 is 0 Å². The molecule has 0 radical (unpaired) electrons. The molecule has 3 heterocycles. The van der Waals surface area contributed by atoms with Gasteiger partial charge in [-0.05, 0) is 84.2 Å². The molecule has 12 heteroatoms. The molecule has 0 amide bonds. The van der Waals surface area contributed by atoms with E-state index in [1.165, 1.54) is 0 Å². The van der Waals surface area contributed by atoms with Crippen molar-refractivity contribution in [2.75, 3.05) is 23.1 Å². The summed E-state index contributed by atoms with van der Waals surface area (Å²) in [6.45, 7) is 7.52. The summed E-state index contributed by atoms with van der Waals surface area (Å²) >= 11 is 9.20. The van der Waals surface area contributed by atoms with Gasteiger partial charge in [0.15, 0.2) is 0 Å². The lowest BCUT2D eigenvalue weighted by Crippen LogP contribution is -2.01. The van der Waals surface area contributed by atoms with Gasteiger partial charge in [0.1, 0.15) is 27.0 Å². The van der Waals surface area contributed by atoms with Gasteiger partial charge >= 0.3 is 0 Å². The number of halogens is 2. The Labute approximate surface area is 317 Å². The van der Waals surface area contributed by atoms with Crippen molar-refractivity contribution in [3.63, 3.8) is 0 Å². The van der Waals surface area contributed by atoms with Crippen molar-refractivity contribution in [2.24, 2.45) is 0 Å². The number of anilines is 3. The van der Waals surface area contributed by atoms with E-state index in [2.05, 4.69) is 46.8 Å². The molecule has 0 unspecified atom stereocenters. The Balaban J connectivity index is 0.000000175. The normalized spacial score (nSPS) is 10.2. The molecule has 0 bridgehead atoms. The number of hydrogen-bond donors (Lipinski definition) is 6. The number of rotatable bonds is 10. The fourth-order valence-electron chi connectivity index (χ4n) is 4.75. The molecule has 0 saturated carbocycles. The topological polar surface area (TPSA) is 145 Å². The number of nitrogens with one attached hydrogen (secondary N) is 3. The van der Waals surface area contributed by atoms with E-state index in [-0.39, 0.29) is 0 Å². The number of aromatic nitrogens is 3. The van der Waals surface area contributed by atoms with Crippen LogP contribution >= 0.6 is 27.5 Å². The molecule has 0 aliphatic heterocycles. The van der Waals surface area contributed by atoms with E-state index in [1.54, 1.807) is 56.0 Å². The number of aromatic hydroxyl groups is 3. The number of benzene rings is 3. The third kappa shape index (κ3) is 12.1. The van der Waals surface area contributed by atoms with Crippen LogP contribution in [0.4, 0.5) is 17.1 Å². The average molecular weight is 786 g/mol. The van der Waals surface area contributed by atoms with Crippen LogP contribution in [0.25, 0.3) is 0 Å². The van der Waals surface area contributed by atoms with E-state index in [0.717, 1.165) is 55.0 Å². The van der Waals surface area contributed by atoms with Crippen LogP contribution in [0.3, 0.4) is 0 Å². The molecule has 0 atom stereocenters. The highest BCUT2D eigenvalue weighted by Crippen LogP contribution is 2.23. The van der Waals surface area contributed by atoms with Crippen molar-refractivity contribution in [1.82, 2.24) is 15.0 Å². The van der Waals surface area contributed by atoms with Gasteiger partial charge in [-0.1, -0.05) is 66.2 Å². The Morgan fingerprint density at radius 1 is 0.577 bits per heavy atom. The van der Waals surface area contributed by atoms with Gasteiger partial charge in [0, 0.05) is 41.9 Å². The quantitative estimate of drug-likeness (QED) is 0.0743. The zero-order valence-electron chi connectivity index (χ0n) is 29.4. The summed E-state index contributed by atoms with van der Waals surface area (Å²) in [7, 11) is 1.60. The number of ether oxygens (including phenoxy) is 1. The van der Waals surface area contributed by atoms with Crippen LogP contribution in [0.2, 0.25) is 5.15 Å². The van der Waals surface area contributed by atoms with Crippen LogP contribution in [-0.4, -0.2) is 37.4 Å². The lowest BCUT2D eigenvalue weighted by molar-refractivity contribution is 0.394. The maximum Gasteiger partial charge on any atom is 0.216 e. The number of methoxy groups -OCH3 is 1. The van der Waals surface area contributed by atoms with E-state index in [1.807, 2.05) is 81.4 Å². The fourth-order valence-corrected chi connectivity index (χ4v) is 5.08. The van der Waals surface area contributed by atoms with Crippen molar-refractivity contribution in [3.8, 4) is 23.1 Å². The number of nitrogens with zero attached hydrogens (tertiary/aromatic N) is 3. The van der Waals surface area contributed by atoms with Crippen molar-refractivity contribution < 1.29 is 20.1 Å². The zero-order valence-corrected chi connectivity index (χ0v) is 31.7. The van der Waals surface area contributed by atoms with Crippen molar-refractivity contribution in [2.45, 2.75) is 40.4 Å². The molecule has 6 N–H and O–H groups in total. The van der Waals surface area contributed by atoms with Gasteiger partial charge in [-0.15, -0.1) is 0 Å². The molecular formula is C40H42BrClN6O4. The maximum atomic E-state index is 9.65. The first-order chi connectivity index (χ1) is 25.0. The summed E-state index contributed by atoms with van der Waals surface area (Å²) in [6.07, 6.45) is 5.15. The van der Waals surface area contributed by atoms with Crippen molar-refractivity contribution >= 4 is 44.6 Å². The van der Waals surface area contributed by atoms with Gasteiger partial charge in [0.25, 0.3) is 0 Å². The van der Waals surface area contributed by atoms with Crippen LogP contribution in [0.15, 0.2) is 114 Å². The summed E-state index contributed by atoms with van der Waals surface area (Å²) in [6, 6.07) is 27.7. The molecule has 10 nitrogen and oxygen atoms in total. The first kappa shape index (κ1) is 39.3. The van der Waals surface area contributed by atoms with Gasteiger partial charge in [-0.25, -0.2) is 15.0 Å². The Morgan fingerprint density at radius 3 is 1.35 bits per heavy atom. The Kier molecular flexibility index (Phi) is 14.9. The molecule has 6 aromatic rings. The minimum atomic E-state index is 0.290. The van der Waals surface area contributed by atoms with E-state index in [0.29, 0.717) is 47.9 Å². The van der Waals surface area contributed by atoms with E-state index in [4.69, 9.17) is 16.3 Å². The molecule has 0 fully saturated rings. The first-order valence-electron chi connectivity index (χ1n) is 16.3. The van der Waals surface area contributed by atoms with Gasteiger partial charge < -0.3 is 36.0 Å². The standard InChI is InChI=1S/C14H16N2O2.C13H13BrN2O.C13H13ClN2O/c1-10-7-12(9-16-14(10)18-2)15-8-11-5-3-4-6-13(11)17;2*1-9-6-11(8-16-13(9)14)15-7-10-4-2-3-5-12(10)17/h3-7,9,15,17H,8H2,1-2H3;2*2-6,8,15,17H,7H2,1H3. The van der Waals surface area contributed by atoms with Crippen LogP contribution in [0.5, 0.6) is 23.1 Å². The van der Waals surface area contributed by atoms with Crippen LogP contribution in [-0.2, 0) is 19.6 Å². The lowest BCUT2D eigenvalue weighted by atomic mass is 10.2. The predicted octanol–water partition coefficient (Wildman–Crippen LogP) is 9.55. The molecule has 0 aliphatic rings. The minimum Gasteiger partial charge on any atom is -0.508 e. The molecule has 3 aromatic heterocycles. The Bertz CT molecular complexity index is 1970. The predicted molar refractivity (Wildman–Crippen MR) is 212 cm³/mol. The van der Waals surface area contributed by atoms with Gasteiger partial charge in [0.2, 0.25) is 5.88 Å². The third-order valence-electron chi connectivity index (χ3n) is 7.68. The lowest BCUT2D eigenvalue weighted by Gasteiger charge is -2.09. The highest BCUT2D eigenvalue weighted by atomic mass is 79.9. The van der Waals surface area contributed by atoms with Crippen LogP contribution in [0.1, 0.15) is 33.4 Å². The zero-order chi connectivity index (χ0) is 37.5. The Hall–Kier alpha value is -5.52. The second-order valence-corrected chi connectivity index (χ2v) is 12.8. The van der Waals surface area contributed by atoms with Gasteiger partial charge in [-0.2, -0.15) is 0 Å². The molecule has 6 rings (SSSR count). The first-order valence-corrected chi connectivity index (χ1v) is 17.5. The number of phenolic OH excluding ortho intramolecular Hbond substituents is 3. The molecule has 52 heavy (non-hydrogen) atoms. The van der Waals surface area contributed by atoms with Gasteiger partial charge in [0.05, 0.1) is 42.8 Å². The van der Waals surface area contributed by atoms with Crippen molar-refractivity contribution in [1.29, 1.82) is 0 Å².